The molecule has 0 unspecified atom stereocenters. The lowest BCUT2D eigenvalue weighted by molar-refractivity contribution is 0.0487. The highest BCUT2D eigenvalue weighted by atomic mass is 31.2. The third-order valence-electron chi connectivity index (χ3n) is 24.8. The number of rotatable bonds is 82. The van der Waals surface area contributed by atoms with Gasteiger partial charge in [0.25, 0.3) is 0 Å². The Morgan fingerprint density at radius 1 is 0.222 bits per heavy atom. The number of hydrogen-bond acceptors (Lipinski definition) is 15. The largest absolute Gasteiger partial charge is 0.491 e. The van der Waals surface area contributed by atoms with Gasteiger partial charge in [-0.05, 0) is 189 Å². The molecule has 2 N–H and O–H groups in total. The highest BCUT2D eigenvalue weighted by molar-refractivity contribution is 7.51. The van der Waals surface area contributed by atoms with E-state index in [4.69, 9.17) is 47.4 Å². The number of ether oxygens (including phenoxy) is 10. The summed E-state index contributed by atoms with van der Waals surface area (Å²) in [7, 11) is -3.95. The lowest BCUT2D eigenvalue weighted by Gasteiger charge is -2.19. The number of carbonyl (C=O) groups is 4. The molecule has 0 aliphatic carbocycles. The molecule has 7 aromatic carbocycles. The van der Waals surface area contributed by atoms with Crippen LogP contribution in [-0.2, 0) is 23.5 Å². The van der Waals surface area contributed by atoms with Crippen molar-refractivity contribution >= 4 is 31.5 Å². The number of unbranched alkanes of at least 4 members (excludes halogenated alkanes) is 47. The molecule has 135 heavy (non-hydrogen) atoms. The van der Waals surface area contributed by atoms with Crippen LogP contribution in [0.2, 0.25) is 0 Å². The topological polar surface area (TPSA) is 218 Å². The van der Waals surface area contributed by atoms with Gasteiger partial charge in [-0.15, -0.1) is 0 Å². The van der Waals surface area contributed by atoms with Crippen LogP contribution in [-0.4, -0.2) is 106 Å². The molecule has 0 saturated carbocycles. The van der Waals surface area contributed by atoms with Crippen molar-refractivity contribution in [3.8, 4) is 67.9 Å². The minimum Gasteiger partial charge on any atom is -0.491 e. The van der Waals surface area contributed by atoms with E-state index in [-0.39, 0.29) is 47.9 Å². The second-order valence-corrected chi connectivity index (χ2v) is 38.3. The van der Waals surface area contributed by atoms with Crippen LogP contribution in [0.4, 0.5) is 13.2 Å². The maximum atomic E-state index is 15.0. The molecule has 0 aromatic heterocycles. The minimum absolute atomic E-state index is 0.0607. The molecule has 17 nitrogen and oxygen atoms in total. The van der Waals surface area contributed by atoms with Gasteiger partial charge in [0, 0.05) is 6.16 Å². The minimum atomic E-state index is -3.95. The third-order valence-corrected chi connectivity index (χ3v) is 25.7. The number of carbonyl (C=O) groups excluding carboxylic acids is 4. The zero-order chi connectivity index (χ0) is 96.1. The molecule has 0 aliphatic rings. The van der Waals surface area contributed by atoms with Crippen LogP contribution in [0.15, 0.2) is 140 Å². The molecular formula is C114H164F3O17P. The monoisotopic (exact) mass is 1890 g/mol. The molecule has 21 heteroatoms. The Balaban J connectivity index is 0.840. The zero-order valence-corrected chi connectivity index (χ0v) is 83.2. The first-order valence-corrected chi connectivity index (χ1v) is 54.2. The average Bonchev–Trinajstić information content (AvgIpc) is 0.873. The van der Waals surface area contributed by atoms with Gasteiger partial charge in [-0.1, -0.05) is 351 Å². The van der Waals surface area contributed by atoms with Gasteiger partial charge in [0.1, 0.15) is 0 Å². The highest BCUT2D eigenvalue weighted by Gasteiger charge is 2.23. The third kappa shape index (κ3) is 49.8. The van der Waals surface area contributed by atoms with E-state index in [0.717, 1.165) is 280 Å². The van der Waals surface area contributed by atoms with Gasteiger partial charge in [0.05, 0.1) is 88.3 Å². The Morgan fingerprint density at radius 2 is 0.415 bits per heavy atom. The smallest absolute Gasteiger partial charge is 0.338 e. The van der Waals surface area contributed by atoms with E-state index in [1.807, 2.05) is 54.6 Å². The zero-order valence-electron chi connectivity index (χ0n) is 82.3. The van der Waals surface area contributed by atoms with Gasteiger partial charge < -0.3 is 57.2 Å². The van der Waals surface area contributed by atoms with Crippen molar-refractivity contribution in [3.05, 3.63) is 179 Å². The summed E-state index contributed by atoms with van der Waals surface area (Å²) in [5.74, 6) is -0.601. The highest BCUT2D eigenvalue weighted by Crippen LogP contribution is 2.41. The SMILES string of the molecule is CCCCCCCCOc1ccc(-c2ccc(C(=O)OCCCCCCCCCCCOc3cc(C(=O)OCCCCCCCCCCCP(=O)(O)O)cc(OCCCCCCCCCCCOC(=O)c4ccc(-c5ccc(OCCCCCCCC)c(F)c5)cc4)c3OCCCCCCCCCCCOC(=O)c3ccc(-c4ccc(OCCCCCCCC)c(F)c4)cc3)cc2)cc1F. The van der Waals surface area contributed by atoms with E-state index in [1.165, 1.54) is 95.2 Å². The van der Waals surface area contributed by atoms with Crippen LogP contribution in [0.5, 0.6) is 34.5 Å². The molecule has 0 spiro atoms. The molecule has 0 aliphatic heterocycles. The van der Waals surface area contributed by atoms with E-state index in [1.54, 1.807) is 66.7 Å². The number of hydrogen-bond donors (Lipinski definition) is 2. The summed E-state index contributed by atoms with van der Waals surface area (Å²) in [6, 6.07) is 39.7. The predicted molar refractivity (Wildman–Crippen MR) is 539 cm³/mol. The van der Waals surface area contributed by atoms with Crippen LogP contribution in [0.25, 0.3) is 33.4 Å². The van der Waals surface area contributed by atoms with E-state index in [9.17, 15) is 33.5 Å². The van der Waals surface area contributed by atoms with E-state index >= 15 is 13.2 Å². The Labute approximate surface area is 807 Å². The van der Waals surface area contributed by atoms with Crippen LogP contribution in [0.3, 0.4) is 0 Å². The number of esters is 4. The summed E-state index contributed by atoms with van der Waals surface area (Å²) >= 11 is 0. The summed E-state index contributed by atoms with van der Waals surface area (Å²) in [6.45, 7) is 10.7. The van der Waals surface area contributed by atoms with Gasteiger partial charge >= 0.3 is 31.5 Å². The molecule has 0 heterocycles. The van der Waals surface area contributed by atoms with Crippen LogP contribution in [0, 0.1) is 17.5 Å². The Morgan fingerprint density at radius 3 is 0.644 bits per heavy atom. The molecule has 748 valence electrons. The quantitative estimate of drug-likeness (QED) is 0.0157. The first-order valence-electron chi connectivity index (χ1n) is 52.4. The fourth-order valence-corrected chi connectivity index (χ4v) is 17.2. The molecule has 7 aromatic rings. The normalized spacial score (nSPS) is 11.4. The van der Waals surface area contributed by atoms with Gasteiger partial charge in [-0.3, -0.25) is 4.57 Å². The second-order valence-electron chi connectivity index (χ2n) is 36.5. The average molecular weight is 1890 g/mol. The Bertz CT molecular complexity index is 4210. The van der Waals surface area contributed by atoms with E-state index < -0.39 is 31.0 Å². The molecule has 0 radical (unpaired) electrons. The summed E-state index contributed by atoms with van der Waals surface area (Å²) in [5, 5.41) is 0. The van der Waals surface area contributed by atoms with Crippen LogP contribution >= 0.6 is 7.60 Å². The van der Waals surface area contributed by atoms with Crippen molar-refractivity contribution in [1.82, 2.24) is 0 Å². The lowest BCUT2D eigenvalue weighted by Crippen LogP contribution is -2.11. The predicted octanol–water partition coefficient (Wildman–Crippen LogP) is 32.4. The Hall–Kier alpha value is -8.84. The van der Waals surface area contributed by atoms with Crippen molar-refractivity contribution in [3.63, 3.8) is 0 Å². The second kappa shape index (κ2) is 71.6. The van der Waals surface area contributed by atoms with Gasteiger partial charge in [-0.2, -0.15) is 0 Å². The first kappa shape index (κ1) is 113. The van der Waals surface area contributed by atoms with Crippen molar-refractivity contribution in [2.45, 2.75) is 367 Å². The van der Waals surface area contributed by atoms with Crippen molar-refractivity contribution in [2.75, 3.05) is 72.2 Å². The number of benzene rings is 7. The first-order chi connectivity index (χ1) is 66.0. The molecule has 0 atom stereocenters. The van der Waals surface area contributed by atoms with E-state index in [2.05, 4.69) is 20.8 Å². The molecule has 0 fully saturated rings. The van der Waals surface area contributed by atoms with Crippen LogP contribution in [0.1, 0.15) is 409 Å². The maximum absolute atomic E-state index is 15.0. The molecular weight excluding hydrogens is 1730 g/mol. The standard InChI is InChI=1S/C114H164F3O17P/c1-4-7-10-13-36-47-76-125-105-73-70-98(87-102(105)115)92-58-64-95(65-59-92)111(118)131-82-53-42-31-23-16-20-28-39-50-79-128-108-90-101(114(121)134-85-56-45-34-26-19-27-35-46-57-86-135(122,123)124)91-109(129-80-51-40-29-21-17-24-32-43-54-83-132-112(119)96-66-60-93(61-67-96)99-71-74-106(103(116)88-99)126-77-48-37-14-11-8-5-2)110(108)130-81-52-41-30-22-18-25-33-44-55-84-133-113(120)97-68-62-94(63-69-97)100-72-75-107(104(117)89-100)127-78-49-38-15-12-9-6-3/h58-75,87-91H,4-57,76-86H2,1-3H3,(H2,122,123,124). The molecule has 7 rings (SSSR count). The fraction of sp³-hybridized carbons (Fsp3) is 0.596. The molecule has 0 bridgehead atoms. The van der Waals surface area contributed by atoms with Crippen molar-refractivity contribution in [1.29, 1.82) is 0 Å². The summed E-state index contributed by atoms with van der Waals surface area (Å²) in [4.78, 5) is 71.3. The Kier molecular flexibility index (Phi) is 60.0. The van der Waals surface area contributed by atoms with Gasteiger partial charge in [0.15, 0.2) is 46.2 Å². The summed E-state index contributed by atoms with van der Waals surface area (Å²) in [5.41, 5.74) is 6.24. The van der Waals surface area contributed by atoms with Crippen molar-refractivity contribution in [2.24, 2.45) is 0 Å². The number of halogens is 3. The maximum Gasteiger partial charge on any atom is 0.338 e. The van der Waals surface area contributed by atoms with Crippen LogP contribution < -0.4 is 28.4 Å². The summed E-state index contributed by atoms with van der Waals surface area (Å²) < 4.78 is 116. The van der Waals surface area contributed by atoms with E-state index in [0.29, 0.717) is 122 Å². The summed E-state index contributed by atoms with van der Waals surface area (Å²) in [6.07, 6.45) is 55.0. The lowest BCUT2D eigenvalue weighted by atomic mass is 10.0. The van der Waals surface area contributed by atoms with Crippen molar-refractivity contribution < 1.29 is 94.1 Å². The molecule has 0 amide bonds. The molecule has 0 saturated heterocycles. The fourth-order valence-electron chi connectivity index (χ4n) is 16.5. The van der Waals surface area contributed by atoms with Gasteiger partial charge in [0.2, 0.25) is 5.75 Å². The van der Waals surface area contributed by atoms with Gasteiger partial charge in [-0.25, -0.2) is 32.3 Å².